The molecule has 12 nitrogen and oxygen atoms in total. The van der Waals surface area contributed by atoms with Crippen LogP contribution in [0.4, 0.5) is 0 Å². The minimum atomic E-state index is -1.49. The van der Waals surface area contributed by atoms with Crippen LogP contribution in [0.5, 0.6) is 0 Å². The molecule has 0 spiro atoms. The van der Waals surface area contributed by atoms with Crippen LogP contribution in [0.1, 0.15) is 25.7 Å². The van der Waals surface area contributed by atoms with Crippen LogP contribution in [0, 0.1) is 0 Å². The summed E-state index contributed by atoms with van der Waals surface area (Å²) in [4.78, 5) is 59.2. The van der Waals surface area contributed by atoms with Gasteiger partial charge in [-0.3, -0.25) is 19.2 Å². The molecule has 0 heterocycles. The van der Waals surface area contributed by atoms with Gasteiger partial charge in [-0.15, -0.1) is 0 Å². The van der Waals surface area contributed by atoms with Gasteiger partial charge in [0, 0.05) is 11.5 Å². The summed E-state index contributed by atoms with van der Waals surface area (Å²) in [6.45, 7) is 0.343. The van der Waals surface area contributed by atoms with Crippen LogP contribution in [0.15, 0.2) is 0 Å². The second-order valence-electron chi connectivity index (χ2n) is 6.38. The second kappa shape index (κ2) is 14.9. The Morgan fingerprint density at radius 2 is 1.33 bits per heavy atom. The molecule has 0 bridgehead atoms. The van der Waals surface area contributed by atoms with Gasteiger partial charge in [-0.2, -0.15) is 25.3 Å². The van der Waals surface area contributed by atoms with Crippen molar-refractivity contribution in [3.05, 3.63) is 0 Å². The summed E-state index contributed by atoms with van der Waals surface area (Å²) in [6.07, 6.45) is 0.356. The molecule has 14 heteroatoms. The first-order valence-corrected chi connectivity index (χ1v) is 10.4. The monoisotopic (exact) mass is 467 g/mol. The molecule has 0 aromatic rings. The third-order valence-corrected chi connectivity index (χ3v) is 4.68. The molecule has 0 aromatic heterocycles. The van der Waals surface area contributed by atoms with Gasteiger partial charge in [0.1, 0.15) is 18.1 Å². The Labute approximate surface area is 184 Å². The molecule has 0 aliphatic carbocycles. The zero-order valence-corrected chi connectivity index (χ0v) is 18.0. The number of thiol groups is 2. The van der Waals surface area contributed by atoms with Crippen LogP contribution in [0.2, 0.25) is 0 Å². The lowest BCUT2D eigenvalue weighted by atomic mass is 10.1. The van der Waals surface area contributed by atoms with Crippen molar-refractivity contribution in [2.24, 2.45) is 11.5 Å². The number of aliphatic carboxylic acids is 2. The minimum absolute atomic E-state index is 0.0301. The first kappa shape index (κ1) is 28.0. The van der Waals surface area contributed by atoms with E-state index in [1.54, 1.807) is 0 Å². The highest BCUT2D eigenvalue weighted by atomic mass is 32.1. The van der Waals surface area contributed by atoms with Gasteiger partial charge < -0.3 is 37.6 Å². The molecule has 0 saturated carbocycles. The zero-order valence-electron chi connectivity index (χ0n) is 16.2. The van der Waals surface area contributed by atoms with E-state index < -0.39 is 60.2 Å². The Morgan fingerprint density at radius 3 is 1.80 bits per heavy atom. The molecule has 0 saturated heterocycles. The van der Waals surface area contributed by atoms with Crippen molar-refractivity contribution >= 4 is 54.9 Å². The second-order valence-corrected chi connectivity index (χ2v) is 7.11. The summed E-state index contributed by atoms with van der Waals surface area (Å²) < 4.78 is 0. The first-order valence-electron chi connectivity index (χ1n) is 9.10. The highest BCUT2D eigenvalue weighted by molar-refractivity contribution is 7.80. The van der Waals surface area contributed by atoms with Crippen LogP contribution in [0.25, 0.3) is 0 Å². The topological polar surface area (TPSA) is 214 Å². The summed E-state index contributed by atoms with van der Waals surface area (Å²) in [5, 5.41) is 24.9. The highest BCUT2D eigenvalue weighted by Crippen LogP contribution is 2.04. The Bertz CT molecular complexity index is 623. The summed E-state index contributed by atoms with van der Waals surface area (Å²) in [5.74, 6) is -5.36. The maximum Gasteiger partial charge on any atom is 0.327 e. The van der Waals surface area contributed by atoms with E-state index in [0.717, 1.165) is 0 Å². The van der Waals surface area contributed by atoms with Crippen LogP contribution in [-0.4, -0.2) is 82.1 Å². The van der Waals surface area contributed by atoms with Crippen LogP contribution >= 0.6 is 25.3 Å². The van der Waals surface area contributed by atoms with Crippen molar-refractivity contribution in [1.82, 2.24) is 16.0 Å². The number of nitrogens with one attached hydrogen (secondary N) is 3. The number of unbranched alkanes of at least 4 members (excludes halogenated alkanes) is 1. The number of hydrogen-bond acceptors (Lipinski definition) is 9. The number of rotatable bonds is 15. The number of hydrogen-bond donors (Lipinski definition) is 9. The van der Waals surface area contributed by atoms with E-state index in [2.05, 4.69) is 41.2 Å². The third kappa shape index (κ3) is 10.7. The Kier molecular flexibility index (Phi) is 13.9. The molecule has 172 valence electrons. The molecule has 0 fully saturated rings. The molecule has 4 atom stereocenters. The van der Waals surface area contributed by atoms with E-state index in [1.807, 2.05) is 0 Å². The molecule has 4 unspecified atom stereocenters. The summed E-state index contributed by atoms with van der Waals surface area (Å²) in [6, 6.07) is -5.01. The number of carbonyl (C=O) groups is 5. The molecule has 0 aliphatic rings. The summed E-state index contributed by atoms with van der Waals surface area (Å²) in [5.41, 5.74) is 10.9. The van der Waals surface area contributed by atoms with Crippen molar-refractivity contribution < 1.29 is 34.2 Å². The van der Waals surface area contributed by atoms with Crippen LogP contribution in [-0.2, 0) is 24.0 Å². The maximum atomic E-state index is 12.6. The van der Waals surface area contributed by atoms with E-state index in [0.29, 0.717) is 19.4 Å². The smallest absolute Gasteiger partial charge is 0.327 e. The van der Waals surface area contributed by atoms with Crippen LogP contribution < -0.4 is 27.4 Å². The molecule has 9 N–H and O–H groups in total. The van der Waals surface area contributed by atoms with Crippen molar-refractivity contribution in [3.8, 4) is 0 Å². The predicted octanol–water partition coefficient (Wildman–Crippen LogP) is -2.68. The van der Waals surface area contributed by atoms with Gasteiger partial charge in [-0.25, -0.2) is 4.79 Å². The van der Waals surface area contributed by atoms with Crippen molar-refractivity contribution in [2.75, 3.05) is 18.1 Å². The van der Waals surface area contributed by atoms with Gasteiger partial charge in [-0.1, -0.05) is 0 Å². The number of amides is 3. The Morgan fingerprint density at radius 1 is 0.800 bits per heavy atom. The van der Waals surface area contributed by atoms with Gasteiger partial charge in [0.05, 0.1) is 12.5 Å². The lowest BCUT2D eigenvalue weighted by Crippen LogP contribution is -2.57. The van der Waals surface area contributed by atoms with Gasteiger partial charge in [-0.05, 0) is 25.8 Å². The number of nitrogens with two attached hydrogens (primary N) is 2. The molecular formula is C16H29N5O7S2. The molecule has 0 aromatic carbocycles. The molecule has 0 radical (unpaired) electrons. The standard InChI is InChI=1S/C16H29N5O7S2/c17-4-2-1-3-9(14(25)21-11(7-30)16(27)28)19-15(26)10(5-12(22)23)20-13(24)8(18)6-29/h8-11,29-30H,1-7,17-18H2,(H,19,26)(H,20,24)(H,21,25)(H,22,23)(H,27,28). The van der Waals surface area contributed by atoms with Crippen molar-refractivity contribution in [3.63, 3.8) is 0 Å². The fourth-order valence-electron chi connectivity index (χ4n) is 2.24. The zero-order chi connectivity index (χ0) is 23.3. The Hall–Kier alpha value is -2.03. The van der Waals surface area contributed by atoms with E-state index in [9.17, 15) is 24.0 Å². The lowest BCUT2D eigenvalue weighted by Gasteiger charge is -2.24. The molecule has 0 aliphatic heterocycles. The van der Waals surface area contributed by atoms with Gasteiger partial charge >= 0.3 is 11.9 Å². The molecule has 0 rings (SSSR count). The minimum Gasteiger partial charge on any atom is -0.481 e. The van der Waals surface area contributed by atoms with Gasteiger partial charge in [0.2, 0.25) is 17.7 Å². The van der Waals surface area contributed by atoms with Crippen molar-refractivity contribution in [2.45, 2.75) is 49.9 Å². The highest BCUT2D eigenvalue weighted by Gasteiger charge is 2.30. The normalized spacial score (nSPS) is 14.7. The molecular weight excluding hydrogens is 438 g/mol. The number of carbonyl (C=O) groups excluding carboxylic acids is 3. The SMILES string of the molecule is NCCCCC(NC(=O)C(CC(=O)O)NC(=O)C(N)CS)C(=O)NC(CS)C(=O)O. The third-order valence-electron chi connectivity index (χ3n) is 3.92. The van der Waals surface area contributed by atoms with E-state index >= 15 is 0 Å². The number of carboxylic acid groups (broad SMARTS) is 2. The van der Waals surface area contributed by atoms with E-state index in [4.69, 9.17) is 21.7 Å². The Balaban J connectivity index is 5.38. The fraction of sp³-hybridized carbons (Fsp3) is 0.688. The average Bonchev–Trinajstić information content (AvgIpc) is 2.69. The van der Waals surface area contributed by atoms with Gasteiger partial charge in [0.25, 0.3) is 0 Å². The van der Waals surface area contributed by atoms with Gasteiger partial charge in [0.15, 0.2) is 0 Å². The largest absolute Gasteiger partial charge is 0.481 e. The maximum absolute atomic E-state index is 12.6. The quantitative estimate of drug-likeness (QED) is 0.0904. The first-order chi connectivity index (χ1) is 14.1. The molecule has 3 amide bonds. The fourth-order valence-corrected chi connectivity index (χ4v) is 2.65. The van der Waals surface area contributed by atoms with Crippen molar-refractivity contribution in [1.29, 1.82) is 0 Å². The van der Waals surface area contributed by atoms with E-state index in [-0.39, 0.29) is 17.9 Å². The summed E-state index contributed by atoms with van der Waals surface area (Å²) in [7, 11) is 0. The predicted molar refractivity (Wildman–Crippen MR) is 114 cm³/mol. The molecule has 30 heavy (non-hydrogen) atoms. The average molecular weight is 468 g/mol. The summed E-state index contributed by atoms with van der Waals surface area (Å²) >= 11 is 7.73. The number of carboxylic acids is 2. The lowest BCUT2D eigenvalue weighted by molar-refractivity contribution is -0.142. The van der Waals surface area contributed by atoms with E-state index in [1.165, 1.54) is 0 Å². The van der Waals surface area contributed by atoms with Crippen LogP contribution in [0.3, 0.4) is 0 Å².